The minimum absolute atomic E-state index is 0.00397. The summed E-state index contributed by atoms with van der Waals surface area (Å²) in [5.41, 5.74) is 5.20. The van der Waals surface area contributed by atoms with E-state index in [-0.39, 0.29) is 11.8 Å². The Bertz CT molecular complexity index is 1950. The van der Waals surface area contributed by atoms with Crippen molar-refractivity contribution in [2.24, 2.45) is 5.41 Å². The van der Waals surface area contributed by atoms with E-state index in [0.717, 1.165) is 44.6 Å². The quantitative estimate of drug-likeness (QED) is 0.246. The fourth-order valence-corrected chi connectivity index (χ4v) is 7.53. The van der Waals surface area contributed by atoms with Crippen molar-refractivity contribution < 1.29 is 14.7 Å². The third-order valence-corrected chi connectivity index (χ3v) is 9.65. The smallest absolute Gasteiger partial charge is 0.251 e. The highest BCUT2D eigenvalue weighted by Gasteiger charge is 2.51. The first-order valence-electron chi connectivity index (χ1n) is 14.4. The van der Waals surface area contributed by atoms with Crippen LogP contribution in [0.5, 0.6) is 0 Å². The number of aromatic nitrogens is 4. The van der Waals surface area contributed by atoms with Crippen molar-refractivity contribution in [3.63, 3.8) is 0 Å². The lowest BCUT2D eigenvalue weighted by Gasteiger charge is -2.23. The number of aromatic amines is 1. The number of imidazole rings is 1. The first-order valence-corrected chi connectivity index (χ1v) is 14.8. The van der Waals surface area contributed by atoms with Crippen molar-refractivity contribution in [1.29, 1.82) is 0 Å². The van der Waals surface area contributed by atoms with E-state index < -0.39 is 17.1 Å². The maximum atomic E-state index is 13.8. The van der Waals surface area contributed by atoms with Gasteiger partial charge in [-0.1, -0.05) is 29.8 Å². The zero-order chi connectivity index (χ0) is 29.7. The standard InChI is InChI=1S/C32H30ClN7O3/c1-31(2,43)25-14-35-28-24(10-18-9-23(33)26-20(13-36-39-26)21(18)15-40(25)28)37-29(41)16-5-6-17-11-32(12-19(17)8-16)22-4-3-7-34-27(22)38-30(32)42/h3-6,8-9,13-14,24,34,43H,7,10-12,15H2,1-2H3,(H,36,39)(H,37,41)(H,38,42). The first kappa shape index (κ1) is 26.2. The second-order valence-electron chi connectivity index (χ2n) is 12.5. The van der Waals surface area contributed by atoms with Crippen LogP contribution in [0.4, 0.5) is 0 Å². The van der Waals surface area contributed by atoms with Crippen molar-refractivity contribution >= 4 is 34.3 Å². The molecule has 2 amide bonds. The fraction of sp³-hybridized carbons (Fsp3) is 0.312. The summed E-state index contributed by atoms with van der Waals surface area (Å²) >= 11 is 6.62. The Morgan fingerprint density at radius 1 is 1.19 bits per heavy atom. The van der Waals surface area contributed by atoms with E-state index in [2.05, 4.69) is 26.1 Å². The van der Waals surface area contributed by atoms with E-state index in [1.54, 1.807) is 26.2 Å². The largest absolute Gasteiger partial charge is 0.384 e. The van der Waals surface area contributed by atoms with Gasteiger partial charge in [-0.15, -0.1) is 0 Å². The molecular weight excluding hydrogens is 566 g/mol. The van der Waals surface area contributed by atoms with Gasteiger partial charge in [-0.25, -0.2) is 4.98 Å². The van der Waals surface area contributed by atoms with Crippen LogP contribution in [0.1, 0.15) is 64.0 Å². The molecule has 2 aromatic heterocycles. The number of hydrogen-bond donors (Lipinski definition) is 5. The Kier molecular flexibility index (Phi) is 5.52. The number of nitrogens with zero attached hydrogens (tertiary/aromatic N) is 3. The molecule has 10 nitrogen and oxygen atoms in total. The van der Waals surface area contributed by atoms with Crippen LogP contribution in [0.15, 0.2) is 60.2 Å². The minimum atomic E-state index is -1.15. The van der Waals surface area contributed by atoms with Crippen LogP contribution in [0.2, 0.25) is 5.02 Å². The molecule has 2 unspecified atom stereocenters. The summed E-state index contributed by atoms with van der Waals surface area (Å²) in [7, 11) is 0. The molecule has 43 heavy (non-hydrogen) atoms. The highest BCUT2D eigenvalue weighted by Crippen LogP contribution is 2.47. The molecule has 0 fully saturated rings. The normalized spacial score (nSPS) is 22.1. The van der Waals surface area contributed by atoms with Gasteiger partial charge in [-0.05, 0) is 67.1 Å². The number of dihydropyridines is 1. The number of halogens is 1. The Morgan fingerprint density at radius 3 is 2.86 bits per heavy atom. The number of hydrogen-bond acceptors (Lipinski definition) is 6. The zero-order valence-corrected chi connectivity index (χ0v) is 24.5. The number of allylic oxidation sites excluding steroid dienone is 1. The van der Waals surface area contributed by atoms with Gasteiger partial charge in [-0.2, -0.15) is 5.10 Å². The number of fused-ring (bicyclic) bond motifs is 6. The molecule has 5 heterocycles. The lowest BCUT2D eigenvalue weighted by Crippen LogP contribution is -2.35. The van der Waals surface area contributed by atoms with E-state index in [9.17, 15) is 14.7 Å². The molecule has 2 atom stereocenters. The number of benzene rings is 2. The first-order chi connectivity index (χ1) is 20.6. The molecule has 4 aromatic rings. The molecule has 1 aliphatic carbocycles. The van der Waals surface area contributed by atoms with Gasteiger partial charge in [0.2, 0.25) is 5.91 Å². The van der Waals surface area contributed by atoms with Gasteiger partial charge in [0.05, 0.1) is 46.6 Å². The van der Waals surface area contributed by atoms with Crippen LogP contribution in [-0.4, -0.2) is 43.2 Å². The Balaban J connectivity index is 1.14. The summed E-state index contributed by atoms with van der Waals surface area (Å²) in [6.07, 6.45) is 9.12. The van der Waals surface area contributed by atoms with Gasteiger partial charge in [-0.3, -0.25) is 14.7 Å². The van der Waals surface area contributed by atoms with Gasteiger partial charge in [0, 0.05) is 29.5 Å². The summed E-state index contributed by atoms with van der Waals surface area (Å²) in [6, 6.07) is 7.16. The molecule has 0 saturated heterocycles. The molecule has 0 radical (unpaired) electrons. The minimum Gasteiger partial charge on any atom is -0.384 e. The molecule has 3 aliphatic heterocycles. The molecule has 1 spiro atoms. The average molecular weight is 596 g/mol. The maximum absolute atomic E-state index is 13.8. The van der Waals surface area contributed by atoms with Crippen molar-refractivity contribution in [3.8, 4) is 0 Å². The van der Waals surface area contributed by atoms with E-state index in [1.807, 2.05) is 41.0 Å². The molecule has 2 aromatic carbocycles. The lowest BCUT2D eigenvalue weighted by atomic mass is 9.78. The Hall–Kier alpha value is -4.41. The van der Waals surface area contributed by atoms with Crippen molar-refractivity contribution in [3.05, 3.63) is 105 Å². The summed E-state index contributed by atoms with van der Waals surface area (Å²) in [4.78, 5) is 31.7. The average Bonchev–Trinajstić information content (AvgIpc) is 3.74. The van der Waals surface area contributed by atoms with E-state index >= 15 is 0 Å². The van der Waals surface area contributed by atoms with Crippen LogP contribution in [-0.2, 0) is 36.2 Å². The van der Waals surface area contributed by atoms with Gasteiger partial charge in [0.25, 0.3) is 5.91 Å². The third kappa shape index (κ3) is 3.89. The van der Waals surface area contributed by atoms with Crippen LogP contribution < -0.4 is 16.0 Å². The van der Waals surface area contributed by atoms with Crippen LogP contribution >= 0.6 is 11.6 Å². The number of nitrogens with one attached hydrogen (secondary N) is 4. The zero-order valence-electron chi connectivity index (χ0n) is 23.7. The summed E-state index contributed by atoms with van der Waals surface area (Å²) in [5.74, 6) is 1.21. The Morgan fingerprint density at radius 2 is 2.02 bits per heavy atom. The molecular formula is C32H30ClN7O3. The third-order valence-electron chi connectivity index (χ3n) is 9.35. The van der Waals surface area contributed by atoms with E-state index in [4.69, 9.17) is 16.6 Å². The second-order valence-corrected chi connectivity index (χ2v) is 12.9. The van der Waals surface area contributed by atoms with Crippen molar-refractivity contribution in [2.75, 3.05) is 6.54 Å². The molecule has 0 bridgehead atoms. The van der Waals surface area contributed by atoms with Gasteiger partial charge < -0.3 is 25.6 Å². The van der Waals surface area contributed by atoms with Crippen LogP contribution in [0.25, 0.3) is 10.9 Å². The number of amides is 2. The van der Waals surface area contributed by atoms with Crippen LogP contribution in [0.3, 0.4) is 0 Å². The monoisotopic (exact) mass is 595 g/mol. The number of rotatable bonds is 3. The van der Waals surface area contributed by atoms with Gasteiger partial charge >= 0.3 is 0 Å². The second kappa shape index (κ2) is 9.05. The van der Waals surface area contributed by atoms with E-state index in [0.29, 0.717) is 54.5 Å². The molecule has 4 aliphatic rings. The predicted molar refractivity (Wildman–Crippen MR) is 160 cm³/mol. The summed E-state index contributed by atoms with van der Waals surface area (Å²) < 4.78 is 1.99. The molecule has 0 saturated carbocycles. The van der Waals surface area contributed by atoms with Crippen molar-refractivity contribution in [2.45, 2.75) is 51.3 Å². The SMILES string of the molecule is CC(C)(O)c1cnc2n1Cc1c(cc(Cl)c3[nH]ncc13)CC2NC(=O)c1ccc2c(c1)CC1(C2)C(=O)NC2=C1C=CCN2. The molecule has 8 rings (SSSR count). The van der Waals surface area contributed by atoms with Crippen molar-refractivity contribution in [1.82, 2.24) is 35.7 Å². The van der Waals surface area contributed by atoms with Gasteiger partial charge in [0.15, 0.2) is 0 Å². The summed E-state index contributed by atoms with van der Waals surface area (Å²) in [6.45, 7) is 4.60. The van der Waals surface area contributed by atoms with Crippen LogP contribution in [0, 0.1) is 5.41 Å². The lowest BCUT2D eigenvalue weighted by molar-refractivity contribution is -0.126. The topological polar surface area (TPSA) is 137 Å². The number of aliphatic hydroxyl groups is 1. The highest BCUT2D eigenvalue weighted by molar-refractivity contribution is 6.35. The Labute approximate surface area is 252 Å². The molecule has 218 valence electrons. The molecule has 11 heteroatoms. The summed E-state index contributed by atoms with van der Waals surface area (Å²) in [5, 5.41) is 29.1. The molecule has 5 N–H and O–H groups in total. The predicted octanol–water partition coefficient (Wildman–Crippen LogP) is 3.30. The van der Waals surface area contributed by atoms with Gasteiger partial charge in [0.1, 0.15) is 17.2 Å². The van der Waals surface area contributed by atoms with E-state index in [1.165, 1.54) is 0 Å². The number of carbonyl (C=O) groups excluding carboxylic acids is 2. The maximum Gasteiger partial charge on any atom is 0.251 e. The number of carbonyl (C=O) groups is 2. The highest BCUT2D eigenvalue weighted by atomic mass is 35.5. The fourth-order valence-electron chi connectivity index (χ4n) is 7.25. The number of H-pyrrole nitrogens is 1.